The first-order chi connectivity index (χ1) is 12.2. The minimum atomic E-state index is 0.717. The van der Waals surface area contributed by atoms with Crippen LogP contribution in [0.5, 0.6) is 0 Å². The first kappa shape index (κ1) is 18.7. The maximum atomic E-state index is 2.65. The molecule has 0 spiro atoms. The van der Waals surface area contributed by atoms with E-state index in [2.05, 4.69) is 52.9 Å². The molecule has 0 saturated carbocycles. The van der Waals surface area contributed by atoms with E-state index in [1.54, 1.807) is 0 Å². The van der Waals surface area contributed by atoms with Crippen molar-refractivity contribution in [3.63, 3.8) is 0 Å². The number of benzene rings is 1. The second kappa shape index (κ2) is 9.59. The molecule has 0 N–H and O–H groups in total. The van der Waals surface area contributed by atoms with E-state index in [-0.39, 0.29) is 0 Å². The van der Waals surface area contributed by atoms with Crippen molar-refractivity contribution in [1.29, 1.82) is 0 Å². The molecule has 3 nitrogen and oxygen atoms in total. The van der Waals surface area contributed by atoms with Crippen molar-refractivity contribution in [2.24, 2.45) is 0 Å². The molecule has 2 fully saturated rings. The number of aryl methyl sites for hydroxylation is 1. The molecule has 3 rings (SSSR count). The maximum Gasteiger partial charge on any atom is 0.0363 e. The van der Waals surface area contributed by atoms with Gasteiger partial charge in [-0.1, -0.05) is 12.1 Å². The van der Waals surface area contributed by atoms with Crippen LogP contribution in [-0.4, -0.2) is 62.2 Å². The summed E-state index contributed by atoms with van der Waals surface area (Å²) in [6.07, 6.45) is 9.34. The fourth-order valence-electron chi connectivity index (χ4n) is 4.30. The van der Waals surface area contributed by atoms with Gasteiger partial charge in [-0.15, -0.1) is 0 Å². The van der Waals surface area contributed by atoms with Crippen molar-refractivity contribution < 1.29 is 0 Å². The van der Waals surface area contributed by atoms with E-state index in [1.165, 1.54) is 88.9 Å². The lowest BCUT2D eigenvalue weighted by Gasteiger charge is -2.27. The molecule has 1 unspecified atom stereocenters. The Balaban J connectivity index is 1.38. The van der Waals surface area contributed by atoms with Gasteiger partial charge in [-0.05, 0) is 102 Å². The van der Waals surface area contributed by atoms with Gasteiger partial charge in [-0.3, -0.25) is 0 Å². The summed E-state index contributed by atoms with van der Waals surface area (Å²) in [5.74, 6) is 0. The Morgan fingerprint density at radius 3 is 2.28 bits per heavy atom. The van der Waals surface area contributed by atoms with Crippen LogP contribution in [0.15, 0.2) is 24.3 Å². The lowest BCUT2D eigenvalue weighted by molar-refractivity contribution is 0.249. The van der Waals surface area contributed by atoms with Gasteiger partial charge in [0.15, 0.2) is 0 Å². The molecule has 0 amide bonds. The van der Waals surface area contributed by atoms with E-state index in [0.717, 1.165) is 12.6 Å². The third kappa shape index (κ3) is 5.72. The molecule has 0 aromatic heterocycles. The SMILES string of the molecule is CC(CCN(C)c1ccc(CCCN2CCCC2)cc1)N1CCCC1. The van der Waals surface area contributed by atoms with Crippen molar-refractivity contribution in [2.45, 2.75) is 57.9 Å². The number of rotatable bonds is 9. The highest BCUT2D eigenvalue weighted by atomic mass is 15.2. The second-order valence-corrected chi connectivity index (χ2v) is 8.12. The number of hydrogen-bond acceptors (Lipinski definition) is 3. The predicted molar refractivity (Wildman–Crippen MR) is 109 cm³/mol. The van der Waals surface area contributed by atoms with Crippen LogP contribution < -0.4 is 4.90 Å². The largest absolute Gasteiger partial charge is 0.375 e. The second-order valence-electron chi connectivity index (χ2n) is 8.12. The van der Waals surface area contributed by atoms with Gasteiger partial charge in [-0.2, -0.15) is 0 Å². The van der Waals surface area contributed by atoms with Gasteiger partial charge >= 0.3 is 0 Å². The van der Waals surface area contributed by atoms with E-state index in [4.69, 9.17) is 0 Å². The first-order valence-electron chi connectivity index (χ1n) is 10.5. The van der Waals surface area contributed by atoms with Gasteiger partial charge in [0.2, 0.25) is 0 Å². The normalized spacial score (nSPS) is 20.2. The van der Waals surface area contributed by atoms with Crippen LogP contribution in [0.2, 0.25) is 0 Å². The molecule has 2 heterocycles. The van der Waals surface area contributed by atoms with Gasteiger partial charge < -0.3 is 14.7 Å². The Labute approximate surface area is 155 Å². The maximum absolute atomic E-state index is 2.65. The van der Waals surface area contributed by atoms with Gasteiger partial charge in [0.05, 0.1) is 0 Å². The monoisotopic (exact) mass is 343 g/mol. The number of hydrogen-bond donors (Lipinski definition) is 0. The van der Waals surface area contributed by atoms with Crippen molar-refractivity contribution in [3.8, 4) is 0 Å². The van der Waals surface area contributed by atoms with Crippen molar-refractivity contribution >= 4 is 5.69 Å². The molecule has 140 valence electrons. The Kier molecular flexibility index (Phi) is 7.18. The van der Waals surface area contributed by atoms with Gasteiger partial charge in [0.25, 0.3) is 0 Å². The molecule has 2 saturated heterocycles. The molecule has 1 aromatic rings. The van der Waals surface area contributed by atoms with E-state index >= 15 is 0 Å². The summed E-state index contributed by atoms with van der Waals surface area (Å²) in [6, 6.07) is 10.0. The summed E-state index contributed by atoms with van der Waals surface area (Å²) in [4.78, 5) is 7.68. The minimum Gasteiger partial charge on any atom is -0.375 e. The number of nitrogens with zero attached hydrogens (tertiary/aromatic N) is 3. The Bertz CT molecular complexity index is 486. The molecule has 0 radical (unpaired) electrons. The zero-order chi connectivity index (χ0) is 17.5. The highest BCUT2D eigenvalue weighted by molar-refractivity contribution is 5.46. The zero-order valence-electron chi connectivity index (χ0n) is 16.4. The van der Waals surface area contributed by atoms with Crippen molar-refractivity contribution in [1.82, 2.24) is 9.80 Å². The lowest BCUT2D eigenvalue weighted by atomic mass is 10.1. The van der Waals surface area contributed by atoms with Crippen LogP contribution >= 0.6 is 0 Å². The minimum absolute atomic E-state index is 0.717. The Morgan fingerprint density at radius 2 is 1.60 bits per heavy atom. The molecule has 25 heavy (non-hydrogen) atoms. The third-order valence-corrected chi connectivity index (χ3v) is 6.16. The summed E-state index contributed by atoms with van der Waals surface area (Å²) >= 11 is 0. The van der Waals surface area contributed by atoms with Crippen LogP contribution in [0.4, 0.5) is 5.69 Å². The summed E-state index contributed by atoms with van der Waals surface area (Å²) < 4.78 is 0. The van der Waals surface area contributed by atoms with Crippen molar-refractivity contribution in [2.75, 3.05) is 51.2 Å². The van der Waals surface area contributed by atoms with Crippen molar-refractivity contribution in [3.05, 3.63) is 29.8 Å². The van der Waals surface area contributed by atoms with Crippen LogP contribution in [0.25, 0.3) is 0 Å². The third-order valence-electron chi connectivity index (χ3n) is 6.16. The van der Waals surface area contributed by atoms with Crippen LogP contribution in [0.3, 0.4) is 0 Å². The summed E-state index contributed by atoms with van der Waals surface area (Å²) in [6.45, 7) is 10.1. The van der Waals surface area contributed by atoms with Gasteiger partial charge in [0.1, 0.15) is 0 Å². The first-order valence-corrected chi connectivity index (χ1v) is 10.5. The highest BCUT2D eigenvalue weighted by Gasteiger charge is 2.18. The lowest BCUT2D eigenvalue weighted by Crippen LogP contribution is -2.33. The summed E-state index contributed by atoms with van der Waals surface area (Å²) in [5, 5.41) is 0. The van der Waals surface area contributed by atoms with E-state index in [9.17, 15) is 0 Å². The molecule has 2 aliphatic heterocycles. The van der Waals surface area contributed by atoms with Crippen LogP contribution in [-0.2, 0) is 6.42 Å². The molecule has 1 aromatic carbocycles. The topological polar surface area (TPSA) is 9.72 Å². The van der Waals surface area contributed by atoms with E-state index in [1.807, 2.05) is 0 Å². The summed E-state index contributed by atoms with van der Waals surface area (Å²) in [7, 11) is 2.24. The van der Waals surface area contributed by atoms with Gasteiger partial charge in [0, 0.05) is 25.3 Å². The van der Waals surface area contributed by atoms with E-state index < -0.39 is 0 Å². The highest BCUT2D eigenvalue weighted by Crippen LogP contribution is 2.18. The van der Waals surface area contributed by atoms with Crippen LogP contribution in [0.1, 0.15) is 51.0 Å². The average Bonchev–Trinajstić information content (AvgIpc) is 3.34. The zero-order valence-corrected chi connectivity index (χ0v) is 16.4. The standard InChI is InChI=1S/C22H37N3/c1-20(25-17-5-6-18-25)13-19-23(2)22-11-9-21(10-12-22)8-7-16-24-14-3-4-15-24/h9-12,20H,3-8,13-19H2,1-2H3. The Hall–Kier alpha value is -1.06. The molecule has 0 bridgehead atoms. The number of likely N-dealkylation sites (tertiary alicyclic amines) is 2. The fraction of sp³-hybridized carbons (Fsp3) is 0.727. The molecule has 1 atom stereocenters. The smallest absolute Gasteiger partial charge is 0.0363 e. The van der Waals surface area contributed by atoms with E-state index in [0.29, 0.717) is 0 Å². The molecule has 3 heteroatoms. The summed E-state index contributed by atoms with van der Waals surface area (Å²) in [5.41, 5.74) is 2.85. The molecule has 0 aliphatic carbocycles. The van der Waals surface area contributed by atoms with Gasteiger partial charge in [-0.25, -0.2) is 0 Å². The fourth-order valence-corrected chi connectivity index (χ4v) is 4.30. The average molecular weight is 344 g/mol. The predicted octanol–water partition coefficient (Wildman–Crippen LogP) is 4.03. The quantitative estimate of drug-likeness (QED) is 0.670. The molecule has 2 aliphatic rings. The Morgan fingerprint density at radius 1 is 0.960 bits per heavy atom. The molecular weight excluding hydrogens is 306 g/mol. The number of anilines is 1. The van der Waals surface area contributed by atoms with Crippen LogP contribution in [0, 0.1) is 0 Å². The molecular formula is C22H37N3.